The molecule has 1 N–H and O–H groups in total. The van der Waals surface area contributed by atoms with Crippen LogP contribution in [0.3, 0.4) is 0 Å². The summed E-state index contributed by atoms with van der Waals surface area (Å²) in [5.41, 5.74) is 2.24. The first-order valence-corrected chi connectivity index (χ1v) is 11.1. The van der Waals surface area contributed by atoms with Crippen LogP contribution in [0.25, 0.3) is 11.1 Å². The molecular weight excluding hydrogens is 423 g/mol. The van der Waals surface area contributed by atoms with Gasteiger partial charge in [0.05, 0.1) is 12.6 Å². The van der Waals surface area contributed by atoms with Crippen molar-refractivity contribution in [2.24, 2.45) is 0 Å². The van der Waals surface area contributed by atoms with Gasteiger partial charge in [-0.25, -0.2) is 24.1 Å². The predicted octanol–water partition coefficient (Wildman–Crippen LogP) is 5.32. The highest BCUT2D eigenvalue weighted by Crippen LogP contribution is 2.24. The van der Waals surface area contributed by atoms with E-state index in [1.807, 2.05) is 6.92 Å². The van der Waals surface area contributed by atoms with Crippen molar-refractivity contribution in [3.05, 3.63) is 60.1 Å². The van der Waals surface area contributed by atoms with Crippen LogP contribution >= 0.6 is 0 Å². The van der Waals surface area contributed by atoms with E-state index in [-0.39, 0.29) is 11.9 Å². The van der Waals surface area contributed by atoms with Crippen LogP contribution in [0.2, 0.25) is 0 Å². The lowest BCUT2D eigenvalue weighted by Crippen LogP contribution is -2.25. The molecule has 1 atom stereocenters. The van der Waals surface area contributed by atoms with E-state index in [2.05, 4.69) is 39.1 Å². The Hall–Kier alpha value is -3.62. The molecule has 8 nitrogen and oxygen atoms in total. The van der Waals surface area contributed by atoms with Crippen LogP contribution in [0, 0.1) is 12.7 Å². The number of aromatic nitrogens is 4. The molecular formula is C24H29FN6O2. The Morgan fingerprint density at radius 2 is 1.85 bits per heavy atom. The minimum absolute atomic E-state index is 0.213. The van der Waals surface area contributed by atoms with E-state index in [1.54, 1.807) is 43.7 Å². The molecule has 1 aliphatic rings. The molecule has 33 heavy (non-hydrogen) atoms. The van der Waals surface area contributed by atoms with Crippen molar-refractivity contribution >= 4 is 17.9 Å². The average Bonchev–Trinajstić information content (AvgIpc) is 3.26. The van der Waals surface area contributed by atoms with E-state index < -0.39 is 6.09 Å². The molecule has 2 aromatic heterocycles. The molecule has 1 saturated heterocycles. The summed E-state index contributed by atoms with van der Waals surface area (Å²) in [4.78, 5) is 30.8. The van der Waals surface area contributed by atoms with E-state index >= 15 is 0 Å². The Bertz CT molecular complexity index is 1080. The first-order valence-electron chi connectivity index (χ1n) is 11.1. The lowest BCUT2D eigenvalue weighted by molar-refractivity contribution is 0.181. The van der Waals surface area contributed by atoms with Crippen molar-refractivity contribution in [2.45, 2.75) is 46.6 Å². The van der Waals surface area contributed by atoms with Gasteiger partial charge in [-0.05, 0) is 42.7 Å². The number of benzene rings is 1. The third kappa shape index (κ3) is 6.00. The average molecular weight is 453 g/mol. The molecule has 1 amide bonds. The zero-order valence-electron chi connectivity index (χ0n) is 19.4. The summed E-state index contributed by atoms with van der Waals surface area (Å²) in [6, 6.07) is 6.37. The smallest absolute Gasteiger partial charge is 0.415 e. The van der Waals surface area contributed by atoms with Gasteiger partial charge < -0.3 is 10.1 Å². The minimum Gasteiger partial charge on any atom is -0.447 e. The fourth-order valence-corrected chi connectivity index (χ4v) is 3.17. The molecule has 3 aromatic rings. The number of anilines is 2. The van der Waals surface area contributed by atoms with Crippen molar-refractivity contribution in [3.63, 3.8) is 0 Å². The second kappa shape index (κ2) is 11.3. The van der Waals surface area contributed by atoms with E-state index in [4.69, 9.17) is 4.74 Å². The van der Waals surface area contributed by atoms with Gasteiger partial charge in [-0.1, -0.05) is 33.3 Å². The summed E-state index contributed by atoms with van der Waals surface area (Å²) in [6.07, 6.45) is 6.56. The van der Waals surface area contributed by atoms with Gasteiger partial charge in [-0.3, -0.25) is 4.90 Å². The van der Waals surface area contributed by atoms with Crippen LogP contribution in [-0.2, 0) is 4.74 Å². The van der Waals surface area contributed by atoms with Crippen molar-refractivity contribution < 1.29 is 13.9 Å². The number of nitrogens with zero attached hydrogens (tertiary/aromatic N) is 5. The predicted molar refractivity (Wildman–Crippen MR) is 126 cm³/mol. The van der Waals surface area contributed by atoms with Gasteiger partial charge in [0.2, 0.25) is 5.95 Å². The van der Waals surface area contributed by atoms with Gasteiger partial charge in [-0.2, -0.15) is 4.98 Å². The fourth-order valence-electron chi connectivity index (χ4n) is 3.17. The monoisotopic (exact) mass is 452 g/mol. The van der Waals surface area contributed by atoms with Crippen LogP contribution in [0.5, 0.6) is 0 Å². The molecule has 4 rings (SSSR count). The number of nitrogens with one attached hydrogen (secondary N) is 1. The molecule has 1 fully saturated rings. The van der Waals surface area contributed by atoms with Crippen molar-refractivity contribution in [1.82, 2.24) is 19.9 Å². The zero-order chi connectivity index (χ0) is 23.8. The summed E-state index contributed by atoms with van der Waals surface area (Å²) in [6.45, 7) is 8.78. The molecule has 1 aliphatic heterocycles. The molecule has 1 aromatic carbocycles. The number of ether oxygens (including phenoxy) is 1. The van der Waals surface area contributed by atoms with Crippen LogP contribution in [-0.4, -0.2) is 39.2 Å². The van der Waals surface area contributed by atoms with Crippen LogP contribution in [0.1, 0.15) is 51.0 Å². The Labute approximate surface area is 193 Å². The second-order valence-electron chi connectivity index (χ2n) is 7.61. The Balaban J connectivity index is 0.000000968. The van der Waals surface area contributed by atoms with Crippen molar-refractivity contribution in [1.29, 1.82) is 0 Å². The number of carbonyl (C=O) groups excluding carboxylic acids is 1. The summed E-state index contributed by atoms with van der Waals surface area (Å²) >= 11 is 0. The number of aryl methyl sites for hydroxylation is 1. The van der Waals surface area contributed by atoms with Gasteiger partial charge in [-0.15, -0.1) is 0 Å². The summed E-state index contributed by atoms with van der Waals surface area (Å²) in [5, 5.41) is 3.22. The molecule has 174 valence electrons. The van der Waals surface area contributed by atoms with E-state index in [9.17, 15) is 9.18 Å². The summed E-state index contributed by atoms with van der Waals surface area (Å²) in [5.74, 6) is 1.21. The van der Waals surface area contributed by atoms with Crippen LogP contribution in [0.4, 0.5) is 21.0 Å². The highest BCUT2D eigenvalue weighted by molar-refractivity contribution is 5.88. The van der Waals surface area contributed by atoms with Gasteiger partial charge in [0.25, 0.3) is 0 Å². The third-order valence-corrected chi connectivity index (χ3v) is 4.86. The standard InChI is InChI=1S/C21H21FN6O2.C3H8/c1-3-17(26-20-23-7-6-18(27-20)28-8-9-30-21(28)29)19-24-11-15(12-25-19)14-4-5-16(22)13(2)10-14;1-3-2/h4-7,10-12,17H,3,8-9H2,1-2H3,(H,23,26,27);3H2,1-2H3. The molecule has 0 aliphatic carbocycles. The van der Waals surface area contributed by atoms with Crippen LogP contribution < -0.4 is 10.2 Å². The van der Waals surface area contributed by atoms with E-state index in [1.165, 1.54) is 17.4 Å². The zero-order valence-corrected chi connectivity index (χ0v) is 19.4. The number of halogens is 1. The first kappa shape index (κ1) is 24.0. The summed E-state index contributed by atoms with van der Waals surface area (Å²) < 4.78 is 18.5. The quantitative estimate of drug-likeness (QED) is 0.541. The summed E-state index contributed by atoms with van der Waals surface area (Å²) in [7, 11) is 0. The van der Waals surface area contributed by atoms with Crippen LogP contribution in [0.15, 0.2) is 42.9 Å². The lowest BCUT2D eigenvalue weighted by atomic mass is 10.1. The third-order valence-electron chi connectivity index (χ3n) is 4.86. The second-order valence-corrected chi connectivity index (χ2v) is 7.61. The topological polar surface area (TPSA) is 93.1 Å². The van der Waals surface area contributed by atoms with Gasteiger partial charge >= 0.3 is 6.09 Å². The molecule has 3 heterocycles. The number of hydrogen-bond donors (Lipinski definition) is 1. The molecule has 0 bridgehead atoms. The van der Waals surface area contributed by atoms with Gasteiger partial charge in [0.15, 0.2) is 0 Å². The van der Waals surface area contributed by atoms with E-state index in [0.29, 0.717) is 42.7 Å². The Morgan fingerprint density at radius 3 is 2.45 bits per heavy atom. The van der Waals surface area contributed by atoms with Crippen molar-refractivity contribution in [3.8, 4) is 11.1 Å². The highest BCUT2D eigenvalue weighted by atomic mass is 19.1. The van der Waals surface area contributed by atoms with Gasteiger partial charge in [0, 0.05) is 24.2 Å². The largest absolute Gasteiger partial charge is 0.447 e. The normalized spacial score (nSPS) is 13.7. The van der Waals surface area contributed by atoms with Crippen molar-refractivity contribution in [2.75, 3.05) is 23.4 Å². The molecule has 1 unspecified atom stereocenters. The molecule has 0 spiro atoms. The molecule has 0 radical (unpaired) electrons. The van der Waals surface area contributed by atoms with Gasteiger partial charge in [0.1, 0.15) is 24.1 Å². The van der Waals surface area contributed by atoms with E-state index in [0.717, 1.165) is 11.1 Å². The lowest BCUT2D eigenvalue weighted by Gasteiger charge is -2.17. The fraction of sp³-hybridized carbons (Fsp3) is 0.375. The number of amides is 1. The Morgan fingerprint density at radius 1 is 1.12 bits per heavy atom. The minimum atomic E-state index is -0.415. The Kier molecular flexibility index (Phi) is 8.23. The highest BCUT2D eigenvalue weighted by Gasteiger charge is 2.25. The maximum Gasteiger partial charge on any atom is 0.415 e. The number of rotatable bonds is 6. The number of cyclic esters (lactones) is 1. The molecule has 9 heteroatoms. The SMILES string of the molecule is CCC.CCC(Nc1nccc(N2CCOC2=O)n1)c1ncc(-c2ccc(F)c(C)c2)cn1. The number of hydrogen-bond acceptors (Lipinski definition) is 7. The molecule has 0 saturated carbocycles. The first-order chi connectivity index (χ1) is 16.0. The maximum absolute atomic E-state index is 13.5. The number of carbonyl (C=O) groups is 1. The maximum atomic E-state index is 13.5.